The Morgan fingerprint density at radius 2 is 1.78 bits per heavy atom. The Morgan fingerprint density at radius 3 is 2.44 bits per heavy atom. The van der Waals surface area contributed by atoms with Crippen LogP contribution < -0.4 is 0 Å². The molecule has 2 heterocycles. The predicted molar refractivity (Wildman–Crippen MR) is 81.3 cm³/mol. The number of halogens is 1. The maximum atomic E-state index is 4.67. The van der Waals surface area contributed by atoms with E-state index < -0.39 is 0 Å². The van der Waals surface area contributed by atoms with Crippen LogP contribution in [-0.2, 0) is 0 Å². The Labute approximate surface area is 118 Å². The van der Waals surface area contributed by atoms with E-state index in [4.69, 9.17) is 0 Å². The molecule has 0 amide bonds. The quantitative estimate of drug-likeness (QED) is 0.673. The van der Waals surface area contributed by atoms with Gasteiger partial charge in [-0.25, -0.2) is 4.98 Å². The first-order valence-electron chi connectivity index (χ1n) is 5.78. The second kappa shape index (κ2) is 4.21. The number of H-pyrrole nitrogens is 1. The van der Waals surface area contributed by atoms with Gasteiger partial charge in [0.2, 0.25) is 0 Å². The van der Waals surface area contributed by atoms with E-state index in [-0.39, 0.29) is 0 Å². The molecule has 0 saturated heterocycles. The lowest BCUT2D eigenvalue weighted by Crippen LogP contribution is -1.79. The first-order chi connectivity index (χ1) is 8.54. The van der Waals surface area contributed by atoms with E-state index in [1.807, 2.05) is 0 Å². The van der Waals surface area contributed by atoms with Crippen LogP contribution in [-0.4, -0.2) is 9.97 Å². The van der Waals surface area contributed by atoms with Crippen LogP contribution in [0.15, 0.2) is 22.0 Å². The van der Waals surface area contributed by atoms with Gasteiger partial charge < -0.3 is 4.98 Å². The number of nitrogens with zero attached hydrogens (tertiary/aromatic N) is 1. The molecule has 0 spiro atoms. The molecule has 1 aromatic carbocycles. The summed E-state index contributed by atoms with van der Waals surface area (Å²) in [7, 11) is 0. The second-order valence-electron chi connectivity index (χ2n) is 4.61. The molecule has 0 bridgehead atoms. The van der Waals surface area contributed by atoms with E-state index in [2.05, 4.69) is 64.9 Å². The molecule has 2 aromatic heterocycles. The molecule has 3 aromatic rings. The lowest BCUT2D eigenvalue weighted by atomic mass is 10.1. The van der Waals surface area contributed by atoms with Gasteiger partial charge in [0.1, 0.15) is 5.82 Å². The van der Waals surface area contributed by atoms with E-state index in [0.717, 1.165) is 16.9 Å². The molecule has 4 heteroatoms. The molecule has 0 saturated carbocycles. The fourth-order valence-electron chi connectivity index (χ4n) is 1.96. The van der Waals surface area contributed by atoms with Crippen LogP contribution in [0.1, 0.15) is 16.7 Å². The molecular weight excluding hydrogens is 308 g/mol. The highest BCUT2D eigenvalue weighted by molar-refractivity contribution is 9.11. The van der Waals surface area contributed by atoms with Crippen molar-refractivity contribution in [3.63, 3.8) is 0 Å². The largest absolute Gasteiger partial charge is 0.337 e. The SMILES string of the molecule is Cc1cc2nc(-c3cc(C)c(Br)s3)[nH]c2cc1C. The smallest absolute Gasteiger partial charge is 0.148 e. The molecule has 0 aliphatic heterocycles. The zero-order valence-corrected chi connectivity index (χ0v) is 12.9. The molecule has 1 N–H and O–H groups in total. The topological polar surface area (TPSA) is 28.7 Å². The van der Waals surface area contributed by atoms with Crippen molar-refractivity contribution in [1.29, 1.82) is 0 Å². The minimum atomic E-state index is 0.953. The minimum absolute atomic E-state index is 0.953. The number of imidazole rings is 1. The monoisotopic (exact) mass is 320 g/mol. The standard InChI is InChI=1S/C14H13BrN2S/c1-7-4-10-11(5-8(7)2)17-14(16-10)12-6-9(3)13(15)18-12/h4-6H,1-3H3,(H,16,17). The van der Waals surface area contributed by atoms with Crippen molar-refractivity contribution in [3.8, 4) is 10.7 Å². The highest BCUT2D eigenvalue weighted by Crippen LogP contribution is 2.34. The first-order valence-corrected chi connectivity index (χ1v) is 7.39. The first kappa shape index (κ1) is 11.9. The average Bonchev–Trinajstić information content (AvgIpc) is 2.84. The lowest BCUT2D eigenvalue weighted by Gasteiger charge is -1.97. The van der Waals surface area contributed by atoms with Gasteiger partial charge in [-0.2, -0.15) is 0 Å². The van der Waals surface area contributed by atoms with E-state index >= 15 is 0 Å². The highest BCUT2D eigenvalue weighted by Gasteiger charge is 2.10. The third kappa shape index (κ3) is 1.89. The number of aromatic amines is 1. The van der Waals surface area contributed by atoms with Crippen LogP contribution in [0.5, 0.6) is 0 Å². The van der Waals surface area contributed by atoms with Gasteiger partial charge >= 0.3 is 0 Å². The average molecular weight is 321 g/mol. The van der Waals surface area contributed by atoms with Crippen LogP contribution in [0.25, 0.3) is 21.7 Å². The summed E-state index contributed by atoms with van der Waals surface area (Å²) in [5, 5.41) is 0. The van der Waals surface area contributed by atoms with Crippen LogP contribution >= 0.6 is 27.3 Å². The molecule has 0 radical (unpaired) electrons. The molecule has 3 rings (SSSR count). The van der Waals surface area contributed by atoms with Crippen LogP contribution in [0, 0.1) is 20.8 Å². The summed E-state index contributed by atoms with van der Waals surface area (Å²) >= 11 is 5.27. The summed E-state index contributed by atoms with van der Waals surface area (Å²) in [5.74, 6) is 0.953. The number of hydrogen-bond acceptors (Lipinski definition) is 2. The minimum Gasteiger partial charge on any atom is -0.337 e. The third-order valence-electron chi connectivity index (χ3n) is 3.19. The van der Waals surface area contributed by atoms with Gasteiger partial charge in [0, 0.05) is 0 Å². The number of fused-ring (bicyclic) bond motifs is 1. The Kier molecular flexibility index (Phi) is 2.79. The molecule has 0 aliphatic rings. The van der Waals surface area contributed by atoms with Crippen LogP contribution in [0.4, 0.5) is 0 Å². The number of nitrogens with one attached hydrogen (secondary N) is 1. The Balaban J connectivity index is 2.19. The third-order valence-corrected chi connectivity index (χ3v) is 5.33. The number of hydrogen-bond donors (Lipinski definition) is 1. The van der Waals surface area contributed by atoms with Gasteiger partial charge in [0.15, 0.2) is 0 Å². The number of thiophene rings is 1. The van der Waals surface area contributed by atoms with Gasteiger partial charge in [0.05, 0.1) is 19.7 Å². The van der Waals surface area contributed by atoms with Crippen molar-refractivity contribution in [3.05, 3.63) is 38.7 Å². The summed E-state index contributed by atoms with van der Waals surface area (Å²) in [6.45, 7) is 6.34. The van der Waals surface area contributed by atoms with Crippen LogP contribution in [0.2, 0.25) is 0 Å². The van der Waals surface area contributed by atoms with Gasteiger partial charge in [-0.15, -0.1) is 11.3 Å². The van der Waals surface area contributed by atoms with Crippen LogP contribution in [0.3, 0.4) is 0 Å². The molecule has 92 valence electrons. The molecule has 18 heavy (non-hydrogen) atoms. The zero-order valence-electron chi connectivity index (χ0n) is 10.5. The van der Waals surface area contributed by atoms with Gasteiger partial charge in [-0.3, -0.25) is 0 Å². The van der Waals surface area contributed by atoms with Crippen molar-refractivity contribution in [1.82, 2.24) is 9.97 Å². The van der Waals surface area contributed by atoms with Crippen molar-refractivity contribution in [2.45, 2.75) is 20.8 Å². The van der Waals surface area contributed by atoms with Gasteiger partial charge in [0.25, 0.3) is 0 Å². The van der Waals surface area contributed by atoms with E-state index in [1.165, 1.54) is 25.4 Å². The summed E-state index contributed by atoms with van der Waals surface area (Å²) in [6.07, 6.45) is 0. The molecular formula is C14H13BrN2S. The second-order valence-corrected chi connectivity index (χ2v) is 6.98. The van der Waals surface area contributed by atoms with Gasteiger partial charge in [-0.1, -0.05) is 0 Å². The van der Waals surface area contributed by atoms with Crippen molar-refractivity contribution in [2.75, 3.05) is 0 Å². The van der Waals surface area contributed by atoms with Gasteiger partial charge in [-0.05, 0) is 71.6 Å². The van der Waals surface area contributed by atoms with Crippen molar-refractivity contribution >= 4 is 38.3 Å². The molecule has 0 aliphatic carbocycles. The normalized spacial score (nSPS) is 11.3. The summed E-state index contributed by atoms with van der Waals surface area (Å²) < 4.78 is 1.17. The fraction of sp³-hybridized carbons (Fsp3) is 0.214. The molecule has 0 unspecified atom stereocenters. The summed E-state index contributed by atoms with van der Waals surface area (Å²) in [4.78, 5) is 9.24. The fourth-order valence-corrected chi connectivity index (χ4v) is 3.44. The predicted octanol–water partition coefficient (Wildman–Crippen LogP) is 4.98. The number of aromatic nitrogens is 2. The molecule has 0 atom stereocenters. The summed E-state index contributed by atoms with van der Waals surface area (Å²) in [5.41, 5.74) is 5.97. The number of aryl methyl sites for hydroxylation is 3. The summed E-state index contributed by atoms with van der Waals surface area (Å²) in [6, 6.07) is 6.46. The van der Waals surface area contributed by atoms with Crippen molar-refractivity contribution < 1.29 is 0 Å². The van der Waals surface area contributed by atoms with E-state index in [0.29, 0.717) is 0 Å². The number of rotatable bonds is 1. The molecule has 2 nitrogen and oxygen atoms in total. The van der Waals surface area contributed by atoms with E-state index in [1.54, 1.807) is 11.3 Å². The maximum Gasteiger partial charge on any atom is 0.148 e. The Bertz CT molecular complexity index is 681. The van der Waals surface area contributed by atoms with E-state index in [9.17, 15) is 0 Å². The maximum absolute atomic E-state index is 4.67. The highest BCUT2D eigenvalue weighted by atomic mass is 79.9. The Morgan fingerprint density at radius 1 is 1.06 bits per heavy atom. The lowest BCUT2D eigenvalue weighted by molar-refractivity contribution is 1.35. The zero-order chi connectivity index (χ0) is 12.9. The number of benzene rings is 1. The van der Waals surface area contributed by atoms with Crippen molar-refractivity contribution in [2.24, 2.45) is 0 Å². The Hall–Kier alpha value is -1.13. The molecule has 0 fully saturated rings.